The Labute approximate surface area is 127 Å². The van der Waals surface area contributed by atoms with Crippen LogP contribution in [0.4, 0.5) is 4.79 Å². The highest BCUT2D eigenvalue weighted by molar-refractivity contribution is 5.79. The van der Waals surface area contributed by atoms with Gasteiger partial charge in [-0.05, 0) is 33.1 Å². The molecular formula is C16H29NO4. The fourth-order valence-corrected chi connectivity index (χ4v) is 2.79. The fourth-order valence-electron chi connectivity index (χ4n) is 2.79. The van der Waals surface area contributed by atoms with Crippen LogP contribution in [0, 0.1) is 5.92 Å². The SMILES string of the molecule is CC(C)(C)OC(=O)N[C@@H](CCCC1CCCCC1)C(=O)O. The van der Waals surface area contributed by atoms with Gasteiger partial charge in [0.25, 0.3) is 0 Å². The predicted molar refractivity (Wildman–Crippen MR) is 81.2 cm³/mol. The van der Waals surface area contributed by atoms with Gasteiger partial charge in [0.15, 0.2) is 0 Å². The number of carboxylic acid groups (broad SMARTS) is 1. The molecule has 5 heteroatoms. The maximum absolute atomic E-state index is 11.6. The highest BCUT2D eigenvalue weighted by Crippen LogP contribution is 2.27. The highest BCUT2D eigenvalue weighted by Gasteiger charge is 2.24. The zero-order valence-corrected chi connectivity index (χ0v) is 13.5. The molecule has 0 radical (unpaired) electrons. The fraction of sp³-hybridized carbons (Fsp3) is 0.875. The molecule has 1 aliphatic carbocycles. The lowest BCUT2D eigenvalue weighted by molar-refractivity contribution is -0.139. The molecule has 21 heavy (non-hydrogen) atoms. The molecule has 1 amide bonds. The quantitative estimate of drug-likeness (QED) is 0.784. The normalized spacial score (nSPS) is 18.0. The molecule has 0 bridgehead atoms. The standard InChI is InChI=1S/C16H29NO4/c1-16(2,3)21-15(20)17-13(14(18)19)11-7-10-12-8-5-4-6-9-12/h12-13H,4-11H2,1-3H3,(H,17,20)(H,18,19)/t13-/m0/s1. The Morgan fingerprint density at radius 3 is 2.38 bits per heavy atom. The third-order valence-corrected chi connectivity index (χ3v) is 3.82. The average Bonchev–Trinajstić information content (AvgIpc) is 2.36. The van der Waals surface area contributed by atoms with E-state index in [1.807, 2.05) is 0 Å². The molecule has 2 N–H and O–H groups in total. The van der Waals surface area contributed by atoms with Gasteiger partial charge in [0.2, 0.25) is 0 Å². The van der Waals surface area contributed by atoms with Crippen molar-refractivity contribution in [2.75, 3.05) is 0 Å². The van der Waals surface area contributed by atoms with Crippen molar-refractivity contribution < 1.29 is 19.4 Å². The summed E-state index contributed by atoms with van der Waals surface area (Å²) in [6.45, 7) is 5.27. The second kappa shape index (κ2) is 8.25. The molecule has 0 aromatic carbocycles. The molecule has 0 aromatic rings. The van der Waals surface area contributed by atoms with E-state index >= 15 is 0 Å². The minimum absolute atomic E-state index is 0.463. The van der Waals surface area contributed by atoms with Crippen molar-refractivity contribution in [3.05, 3.63) is 0 Å². The Kier molecular flexibility index (Phi) is 6.99. The van der Waals surface area contributed by atoms with E-state index in [1.54, 1.807) is 20.8 Å². The van der Waals surface area contributed by atoms with Crippen LogP contribution < -0.4 is 5.32 Å². The average molecular weight is 299 g/mol. The van der Waals surface area contributed by atoms with Gasteiger partial charge in [0.1, 0.15) is 11.6 Å². The molecule has 1 aliphatic rings. The first kappa shape index (κ1) is 17.8. The summed E-state index contributed by atoms with van der Waals surface area (Å²) >= 11 is 0. The third kappa shape index (κ3) is 7.93. The number of rotatable bonds is 6. The van der Waals surface area contributed by atoms with Gasteiger partial charge in [-0.25, -0.2) is 9.59 Å². The molecule has 0 spiro atoms. The van der Waals surface area contributed by atoms with Crippen LogP contribution in [0.15, 0.2) is 0 Å². The second-order valence-corrected chi connectivity index (χ2v) is 6.97. The maximum Gasteiger partial charge on any atom is 0.408 e. The molecule has 0 aromatic heterocycles. The lowest BCUT2D eigenvalue weighted by Gasteiger charge is -2.23. The topological polar surface area (TPSA) is 75.6 Å². The van der Waals surface area contributed by atoms with Gasteiger partial charge >= 0.3 is 12.1 Å². The van der Waals surface area contributed by atoms with E-state index in [0.717, 1.165) is 18.8 Å². The lowest BCUT2D eigenvalue weighted by Crippen LogP contribution is -2.43. The molecule has 1 saturated carbocycles. The van der Waals surface area contributed by atoms with Crippen molar-refractivity contribution in [1.82, 2.24) is 5.32 Å². The van der Waals surface area contributed by atoms with Gasteiger partial charge in [-0.3, -0.25) is 0 Å². The van der Waals surface area contributed by atoms with E-state index in [2.05, 4.69) is 5.32 Å². The van der Waals surface area contributed by atoms with Crippen LogP contribution in [-0.2, 0) is 9.53 Å². The van der Waals surface area contributed by atoms with Crippen molar-refractivity contribution in [2.24, 2.45) is 5.92 Å². The van der Waals surface area contributed by atoms with Gasteiger partial charge in [-0.1, -0.05) is 44.9 Å². The number of carboxylic acids is 1. The summed E-state index contributed by atoms with van der Waals surface area (Å²) in [4.78, 5) is 22.9. The molecule has 1 atom stereocenters. The van der Waals surface area contributed by atoms with Gasteiger partial charge in [-0.15, -0.1) is 0 Å². The number of aliphatic carboxylic acids is 1. The Balaban J connectivity index is 2.32. The number of carbonyl (C=O) groups is 2. The Bertz CT molecular complexity index is 343. The number of hydrogen-bond acceptors (Lipinski definition) is 3. The van der Waals surface area contributed by atoms with Crippen molar-refractivity contribution in [3.63, 3.8) is 0 Å². The van der Waals surface area contributed by atoms with Crippen LogP contribution in [0.25, 0.3) is 0 Å². The zero-order valence-electron chi connectivity index (χ0n) is 13.5. The largest absolute Gasteiger partial charge is 0.480 e. The molecule has 0 heterocycles. The monoisotopic (exact) mass is 299 g/mol. The molecule has 122 valence electrons. The molecule has 0 aliphatic heterocycles. The minimum Gasteiger partial charge on any atom is -0.480 e. The number of alkyl carbamates (subject to hydrolysis) is 1. The summed E-state index contributed by atoms with van der Waals surface area (Å²) in [6.07, 6.45) is 8.13. The van der Waals surface area contributed by atoms with Gasteiger partial charge in [-0.2, -0.15) is 0 Å². The molecule has 0 saturated heterocycles. The maximum atomic E-state index is 11.6. The van der Waals surface area contributed by atoms with E-state index in [0.29, 0.717) is 6.42 Å². The molecule has 1 rings (SSSR count). The highest BCUT2D eigenvalue weighted by atomic mass is 16.6. The number of hydrogen-bond donors (Lipinski definition) is 2. The molecule has 5 nitrogen and oxygen atoms in total. The molecule has 1 fully saturated rings. The van der Waals surface area contributed by atoms with Gasteiger partial charge < -0.3 is 15.2 Å². The third-order valence-electron chi connectivity index (χ3n) is 3.82. The first-order valence-corrected chi connectivity index (χ1v) is 8.00. The zero-order chi connectivity index (χ0) is 15.9. The minimum atomic E-state index is -0.996. The smallest absolute Gasteiger partial charge is 0.408 e. The number of carbonyl (C=O) groups excluding carboxylic acids is 1. The van der Waals surface area contributed by atoms with E-state index < -0.39 is 23.7 Å². The van der Waals surface area contributed by atoms with Crippen LogP contribution in [-0.4, -0.2) is 28.8 Å². The van der Waals surface area contributed by atoms with Crippen LogP contribution in [0.5, 0.6) is 0 Å². The first-order valence-electron chi connectivity index (χ1n) is 8.00. The van der Waals surface area contributed by atoms with Crippen molar-refractivity contribution in [1.29, 1.82) is 0 Å². The van der Waals surface area contributed by atoms with E-state index in [1.165, 1.54) is 32.1 Å². The summed E-state index contributed by atoms with van der Waals surface area (Å²) in [5.41, 5.74) is -0.616. The van der Waals surface area contributed by atoms with Crippen molar-refractivity contribution >= 4 is 12.1 Å². The summed E-state index contributed by atoms with van der Waals surface area (Å²) in [5, 5.41) is 11.6. The first-order chi connectivity index (χ1) is 9.78. The van der Waals surface area contributed by atoms with Crippen LogP contribution in [0.1, 0.15) is 72.1 Å². The van der Waals surface area contributed by atoms with E-state index in [-0.39, 0.29) is 0 Å². The van der Waals surface area contributed by atoms with Gasteiger partial charge in [0, 0.05) is 0 Å². The molecular weight excluding hydrogens is 270 g/mol. The number of amides is 1. The Hall–Kier alpha value is -1.26. The lowest BCUT2D eigenvalue weighted by atomic mass is 9.85. The molecule has 0 unspecified atom stereocenters. The van der Waals surface area contributed by atoms with Gasteiger partial charge in [0.05, 0.1) is 0 Å². The summed E-state index contributed by atoms with van der Waals surface area (Å²) in [5.74, 6) is -0.265. The summed E-state index contributed by atoms with van der Waals surface area (Å²) in [7, 11) is 0. The second-order valence-electron chi connectivity index (χ2n) is 6.97. The van der Waals surface area contributed by atoms with Crippen LogP contribution >= 0.6 is 0 Å². The predicted octanol–water partition coefficient (Wildman–Crippen LogP) is 3.71. The van der Waals surface area contributed by atoms with Crippen LogP contribution in [0.2, 0.25) is 0 Å². The summed E-state index contributed by atoms with van der Waals surface area (Å²) in [6, 6.07) is -0.858. The number of ether oxygens (including phenoxy) is 1. The van der Waals surface area contributed by atoms with Crippen molar-refractivity contribution in [3.8, 4) is 0 Å². The summed E-state index contributed by atoms with van der Waals surface area (Å²) < 4.78 is 5.10. The van der Waals surface area contributed by atoms with Crippen molar-refractivity contribution in [2.45, 2.75) is 83.8 Å². The van der Waals surface area contributed by atoms with E-state index in [9.17, 15) is 14.7 Å². The van der Waals surface area contributed by atoms with Crippen LogP contribution in [0.3, 0.4) is 0 Å². The Morgan fingerprint density at radius 1 is 1.24 bits per heavy atom. The van der Waals surface area contributed by atoms with E-state index in [4.69, 9.17) is 4.74 Å². The Morgan fingerprint density at radius 2 is 1.86 bits per heavy atom. The number of nitrogens with one attached hydrogen (secondary N) is 1.